The lowest BCUT2D eigenvalue weighted by molar-refractivity contribution is -0.136. The van der Waals surface area contributed by atoms with Gasteiger partial charge in [0.15, 0.2) is 0 Å². The predicted molar refractivity (Wildman–Crippen MR) is 160 cm³/mol. The SMILES string of the molecule is CC(C)C(=O)NC1(C2CCCCC2)CCN(C(=O)[C@@H](Cc2ccc(Cl)cc2)NC[C@H]2CCCN2C(C)C)CC1. The Bertz CT molecular complexity index is 936. The summed E-state index contributed by atoms with van der Waals surface area (Å²) in [5.41, 5.74) is 0.939. The number of carbonyl (C=O) groups is 2. The normalized spacial score (nSPS) is 23.4. The first kappa shape index (κ1) is 30.3. The highest BCUT2D eigenvalue weighted by atomic mass is 35.5. The molecule has 2 aliphatic heterocycles. The van der Waals surface area contributed by atoms with Crippen LogP contribution < -0.4 is 10.6 Å². The Morgan fingerprint density at radius 2 is 1.62 bits per heavy atom. The maximum Gasteiger partial charge on any atom is 0.240 e. The van der Waals surface area contributed by atoms with Crippen LogP contribution in [0.5, 0.6) is 0 Å². The summed E-state index contributed by atoms with van der Waals surface area (Å²) >= 11 is 6.15. The van der Waals surface area contributed by atoms with Crippen LogP contribution in [0.15, 0.2) is 24.3 Å². The largest absolute Gasteiger partial charge is 0.350 e. The summed E-state index contributed by atoms with van der Waals surface area (Å²) < 4.78 is 0. The van der Waals surface area contributed by atoms with Gasteiger partial charge in [-0.05, 0) is 89.0 Å². The second-order valence-corrected chi connectivity index (χ2v) is 13.3. The van der Waals surface area contributed by atoms with Crippen LogP contribution >= 0.6 is 11.6 Å². The van der Waals surface area contributed by atoms with Gasteiger partial charge in [-0.2, -0.15) is 0 Å². The first-order chi connectivity index (χ1) is 18.7. The van der Waals surface area contributed by atoms with E-state index in [-0.39, 0.29) is 29.3 Å². The van der Waals surface area contributed by atoms with Gasteiger partial charge in [-0.25, -0.2) is 0 Å². The molecule has 0 aromatic heterocycles. The maximum absolute atomic E-state index is 14.0. The van der Waals surface area contributed by atoms with Crippen LogP contribution in [0.3, 0.4) is 0 Å². The van der Waals surface area contributed by atoms with Crippen molar-refractivity contribution in [3.8, 4) is 0 Å². The van der Waals surface area contributed by atoms with E-state index in [2.05, 4.69) is 34.3 Å². The lowest BCUT2D eigenvalue weighted by Gasteiger charge is -2.49. The molecule has 0 bridgehead atoms. The first-order valence-corrected chi connectivity index (χ1v) is 15.9. The fraction of sp³-hybridized carbons (Fsp3) is 0.750. The second kappa shape index (κ2) is 13.8. The molecule has 2 heterocycles. The molecule has 2 N–H and O–H groups in total. The van der Waals surface area contributed by atoms with Crippen molar-refractivity contribution < 1.29 is 9.59 Å². The number of likely N-dealkylation sites (tertiary alicyclic amines) is 2. The number of benzene rings is 1. The van der Waals surface area contributed by atoms with Gasteiger partial charge < -0.3 is 15.5 Å². The van der Waals surface area contributed by atoms with Crippen molar-refractivity contribution in [2.24, 2.45) is 11.8 Å². The molecule has 39 heavy (non-hydrogen) atoms. The van der Waals surface area contributed by atoms with Gasteiger partial charge in [0.1, 0.15) is 0 Å². The van der Waals surface area contributed by atoms with E-state index in [0.29, 0.717) is 42.5 Å². The van der Waals surface area contributed by atoms with E-state index >= 15 is 0 Å². The Balaban J connectivity index is 1.46. The van der Waals surface area contributed by atoms with Crippen molar-refractivity contribution >= 4 is 23.4 Å². The monoisotopic (exact) mass is 558 g/mol. The van der Waals surface area contributed by atoms with Gasteiger partial charge in [0.25, 0.3) is 0 Å². The van der Waals surface area contributed by atoms with Crippen LogP contribution in [-0.4, -0.2) is 71.5 Å². The minimum atomic E-state index is -0.270. The van der Waals surface area contributed by atoms with Crippen LogP contribution in [0.2, 0.25) is 5.02 Å². The van der Waals surface area contributed by atoms with E-state index in [1.54, 1.807) is 0 Å². The molecule has 0 unspecified atom stereocenters. The lowest BCUT2D eigenvalue weighted by Crippen LogP contribution is -2.62. The highest BCUT2D eigenvalue weighted by Crippen LogP contribution is 2.39. The van der Waals surface area contributed by atoms with E-state index in [4.69, 9.17) is 11.6 Å². The molecule has 1 aromatic rings. The van der Waals surface area contributed by atoms with Crippen LogP contribution in [0.4, 0.5) is 0 Å². The molecular weight excluding hydrogens is 508 g/mol. The fourth-order valence-corrected chi connectivity index (χ4v) is 7.29. The molecule has 3 fully saturated rings. The molecule has 1 saturated carbocycles. The Morgan fingerprint density at radius 3 is 2.23 bits per heavy atom. The molecule has 4 rings (SSSR count). The molecule has 2 amide bonds. The van der Waals surface area contributed by atoms with Gasteiger partial charge in [-0.3, -0.25) is 14.5 Å². The van der Waals surface area contributed by atoms with Crippen LogP contribution in [0, 0.1) is 11.8 Å². The molecular formula is C32H51ClN4O2. The fourth-order valence-electron chi connectivity index (χ4n) is 7.17. The summed E-state index contributed by atoms with van der Waals surface area (Å²) in [7, 11) is 0. The summed E-state index contributed by atoms with van der Waals surface area (Å²) in [5, 5.41) is 7.92. The summed E-state index contributed by atoms with van der Waals surface area (Å²) in [5.74, 6) is 0.818. The third kappa shape index (κ3) is 7.77. The summed E-state index contributed by atoms with van der Waals surface area (Å²) in [6.45, 7) is 11.8. The summed E-state index contributed by atoms with van der Waals surface area (Å²) in [6.07, 6.45) is 10.9. The molecule has 2 atom stereocenters. The van der Waals surface area contributed by atoms with Gasteiger partial charge in [0, 0.05) is 48.2 Å². The Morgan fingerprint density at radius 1 is 0.949 bits per heavy atom. The third-order valence-corrected chi connectivity index (χ3v) is 9.84. The predicted octanol–water partition coefficient (Wildman–Crippen LogP) is 5.43. The molecule has 3 aliphatic rings. The van der Waals surface area contributed by atoms with Crippen molar-refractivity contribution in [1.82, 2.24) is 20.4 Å². The molecule has 0 spiro atoms. The van der Waals surface area contributed by atoms with E-state index in [9.17, 15) is 9.59 Å². The number of hydrogen-bond acceptors (Lipinski definition) is 4. The average Bonchev–Trinajstić information content (AvgIpc) is 3.42. The number of hydrogen-bond donors (Lipinski definition) is 2. The first-order valence-electron chi connectivity index (χ1n) is 15.5. The number of rotatable bonds is 10. The highest BCUT2D eigenvalue weighted by Gasteiger charge is 2.44. The summed E-state index contributed by atoms with van der Waals surface area (Å²) in [4.78, 5) is 31.5. The average molecular weight is 559 g/mol. The zero-order valence-electron chi connectivity index (χ0n) is 24.7. The number of nitrogens with zero attached hydrogens (tertiary/aromatic N) is 2. The molecule has 218 valence electrons. The number of amides is 2. The van der Waals surface area contributed by atoms with Gasteiger partial charge in [0.05, 0.1) is 6.04 Å². The standard InChI is InChI=1S/C32H51ClN4O2/c1-23(2)30(38)35-32(26-9-6-5-7-10-26)16-19-36(20-17-32)31(39)29(21-25-12-14-27(33)15-13-25)34-22-28-11-8-18-37(28)24(3)4/h12-15,23-24,26,28-29,34H,5-11,16-22H2,1-4H3,(H,35,38)/t28-,29-/m1/s1. The van der Waals surface area contributed by atoms with Crippen molar-refractivity contribution in [2.45, 2.75) is 116 Å². The zero-order chi connectivity index (χ0) is 28.0. The third-order valence-electron chi connectivity index (χ3n) is 9.59. The van der Waals surface area contributed by atoms with Gasteiger partial charge in [0.2, 0.25) is 11.8 Å². The molecule has 6 nitrogen and oxygen atoms in total. The lowest BCUT2D eigenvalue weighted by atomic mass is 9.69. The smallest absolute Gasteiger partial charge is 0.240 e. The Labute approximate surface area is 241 Å². The molecule has 7 heteroatoms. The van der Waals surface area contributed by atoms with E-state index in [1.807, 2.05) is 38.1 Å². The van der Waals surface area contributed by atoms with Crippen molar-refractivity contribution in [1.29, 1.82) is 0 Å². The van der Waals surface area contributed by atoms with Crippen LogP contribution in [-0.2, 0) is 16.0 Å². The Hall–Kier alpha value is -1.63. The topological polar surface area (TPSA) is 64.7 Å². The van der Waals surface area contributed by atoms with Crippen molar-refractivity contribution in [3.63, 3.8) is 0 Å². The minimum absolute atomic E-state index is 0.0286. The maximum atomic E-state index is 14.0. The molecule has 1 aliphatic carbocycles. The van der Waals surface area contributed by atoms with Crippen LogP contribution in [0.1, 0.15) is 91.0 Å². The molecule has 1 aromatic carbocycles. The number of carbonyl (C=O) groups excluding carboxylic acids is 2. The van der Waals surface area contributed by atoms with Crippen molar-refractivity contribution in [2.75, 3.05) is 26.2 Å². The number of piperidine rings is 1. The van der Waals surface area contributed by atoms with Gasteiger partial charge in [-0.1, -0.05) is 56.8 Å². The van der Waals surface area contributed by atoms with Crippen LogP contribution in [0.25, 0.3) is 0 Å². The number of halogens is 1. The quantitative estimate of drug-likeness (QED) is 0.402. The number of nitrogens with one attached hydrogen (secondary N) is 2. The van der Waals surface area contributed by atoms with Gasteiger partial charge >= 0.3 is 0 Å². The molecule has 0 radical (unpaired) electrons. The van der Waals surface area contributed by atoms with Gasteiger partial charge in [-0.15, -0.1) is 0 Å². The second-order valence-electron chi connectivity index (χ2n) is 12.9. The van der Waals surface area contributed by atoms with E-state index in [1.165, 1.54) is 44.9 Å². The molecule has 2 saturated heterocycles. The highest BCUT2D eigenvalue weighted by molar-refractivity contribution is 6.30. The zero-order valence-corrected chi connectivity index (χ0v) is 25.4. The Kier molecular flexibility index (Phi) is 10.8. The summed E-state index contributed by atoms with van der Waals surface area (Å²) in [6, 6.07) is 8.60. The van der Waals surface area contributed by atoms with E-state index in [0.717, 1.165) is 31.5 Å². The van der Waals surface area contributed by atoms with E-state index < -0.39 is 0 Å². The van der Waals surface area contributed by atoms with Crippen molar-refractivity contribution in [3.05, 3.63) is 34.9 Å². The minimum Gasteiger partial charge on any atom is -0.350 e.